The van der Waals surface area contributed by atoms with Crippen molar-refractivity contribution in [2.45, 2.75) is 19.3 Å². The maximum atomic E-state index is 4.88. The second-order valence-corrected chi connectivity index (χ2v) is 17.0. The average Bonchev–Trinajstić information content (AvgIpc) is 3.55. The molecule has 0 atom stereocenters. The van der Waals surface area contributed by atoms with E-state index in [0.29, 0.717) is 0 Å². The fraction of sp³-hybridized carbons (Fsp3) is 0.0500. The van der Waals surface area contributed by atoms with Crippen molar-refractivity contribution in [2.75, 3.05) is 15.1 Å². The lowest BCUT2D eigenvalue weighted by Gasteiger charge is -2.31. The predicted molar refractivity (Wildman–Crippen MR) is 272 cm³/mol. The van der Waals surface area contributed by atoms with Crippen LogP contribution in [0.5, 0.6) is 0 Å². The first-order chi connectivity index (χ1) is 31.5. The number of nitrogens with one attached hydrogen (secondary N) is 1. The average molecular weight is 823 g/mol. The Morgan fingerprint density at radius 3 is 1.78 bits per heavy atom. The molecule has 0 unspecified atom stereocenters. The monoisotopic (exact) mass is 822 g/mol. The van der Waals surface area contributed by atoms with E-state index in [1.165, 1.54) is 33.0 Å². The fourth-order valence-corrected chi connectivity index (χ4v) is 9.53. The van der Waals surface area contributed by atoms with Gasteiger partial charge >= 0.3 is 0 Å². The van der Waals surface area contributed by atoms with Crippen molar-refractivity contribution in [1.82, 2.24) is 0 Å². The zero-order valence-corrected chi connectivity index (χ0v) is 35.9. The second kappa shape index (κ2) is 16.2. The van der Waals surface area contributed by atoms with Crippen molar-refractivity contribution >= 4 is 62.5 Å². The molecule has 4 nitrogen and oxygen atoms in total. The molecule has 0 bridgehead atoms. The van der Waals surface area contributed by atoms with Crippen molar-refractivity contribution in [1.29, 1.82) is 0 Å². The molecule has 4 heteroatoms. The summed E-state index contributed by atoms with van der Waals surface area (Å²) >= 11 is 0. The Balaban J connectivity index is 1.16. The zero-order chi connectivity index (χ0) is 43.0. The Hall–Kier alpha value is -8.21. The molecule has 2 aliphatic rings. The van der Waals surface area contributed by atoms with Gasteiger partial charge in [-0.25, -0.2) is 0 Å². The molecule has 0 saturated carbocycles. The summed E-state index contributed by atoms with van der Waals surface area (Å²) in [5.74, 6) is 0. The largest absolute Gasteiger partial charge is 0.361 e. The lowest BCUT2D eigenvalue weighted by molar-refractivity contribution is 0.660. The van der Waals surface area contributed by atoms with Crippen LogP contribution in [0.1, 0.15) is 25.0 Å². The van der Waals surface area contributed by atoms with Crippen molar-refractivity contribution < 1.29 is 0 Å². The standard InChI is InChI=1S/C60H46N4/c1-60(2)56-26-14-12-24-52(56)53-32-31-49(41-57(53)60)64(47-22-8-4-9-23-47)51-38-45(44-29-33-59-55(39-44)54-25-13-15-27-58(54)61-34-16-5-17-35-62-59)37-50(40-51)63(46-20-6-3-7-21-46)48-30-28-42-18-10-11-19-43(42)36-48/h3-41,62H,1-2H3/b16-5-,35-17+,61-34?. The van der Waals surface area contributed by atoms with E-state index in [0.717, 1.165) is 67.8 Å². The van der Waals surface area contributed by atoms with Crippen LogP contribution in [0.15, 0.2) is 236 Å². The van der Waals surface area contributed by atoms with E-state index in [-0.39, 0.29) is 5.41 Å². The van der Waals surface area contributed by atoms with Crippen LogP contribution in [0.4, 0.5) is 45.5 Å². The number of benzene rings is 9. The van der Waals surface area contributed by atoms with Gasteiger partial charge in [-0.15, -0.1) is 0 Å². The molecule has 64 heavy (non-hydrogen) atoms. The lowest BCUT2D eigenvalue weighted by atomic mass is 9.82. The summed E-state index contributed by atoms with van der Waals surface area (Å²) in [6, 6.07) is 74.9. The zero-order valence-electron chi connectivity index (χ0n) is 35.9. The van der Waals surface area contributed by atoms with Crippen molar-refractivity contribution in [3.05, 3.63) is 242 Å². The van der Waals surface area contributed by atoms with Crippen LogP contribution in [0.2, 0.25) is 0 Å². The first kappa shape index (κ1) is 38.7. The van der Waals surface area contributed by atoms with Crippen molar-refractivity contribution in [2.24, 2.45) is 4.99 Å². The van der Waals surface area contributed by atoms with Crippen LogP contribution >= 0.6 is 0 Å². The van der Waals surface area contributed by atoms with Gasteiger partial charge in [-0.05, 0) is 141 Å². The first-order valence-electron chi connectivity index (χ1n) is 21.9. The smallest absolute Gasteiger partial charge is 0.0708 e. The van der Waals surface area contributed by atoms with E-state index >= 15 is 0 Å². The third-order valence-corrected chi connectivity index (χ3v) is 12.7. The summed E-state index contributed by atoms with van der Waals surface area (Å²) in [5, 5.41) is 5.96. The molecule has 0 aromatic heterocycles. The number of hydrogen-bond donors (Lipinski definition) is 1. The summed E-state index contributed by atoms with van der Waals surface area (Å²) in [6.45, 7) is 4.70. The maximum absolute atomic E-state index is 4.88. The molecule has 9 aromatic carbocycles. The van der Waals surface area contributed by atoms with Crippen LogP contribution in [0.25, 0.3) is 44.2 Å². The second-order valence-electron chi connectivity index (χ2n) is 17.0. The van der Waals surface area contributed by atoms with Crippen LogP contribution in [-0.2, 0) is 5.41 Å². The minimum Gasteiger partial charge on any atom is -0.361 e. The molecule has 11 rings (SSSR count). The quantitative estimate of drug-likeness (QED) is 0.174. The molecule has 0 spiro atoms. The Bertz CT molecular complexity index is 3290. The number of anilines is 7. The van der Waals surface area contributed by atoms with Gasteiger partial charge in [0.25, 0.3) is 0 Å². The van der Waals surface area contributed by atoms with Gasteiger partial charge in [-0.1, -0.05) is 141 Å². The highest BCUT2D eigenvalue weighted by Crippen LogP contribution is 2.51. The molecular weight excluding hydrogens is 777 g/mol. The van der Waals surface area contributed by atoms with Gasteiger partial charge in [0, 0.05) is 68.8 Å². The summed E-state index contributed by atoms with van der Waals surface area (Å²) in [7, 11) is 0. The van der Waals surface area contributed by atoms with Crippen molar-refractivity contribution in [3.63, 3.8) is 0 Å². The van der Waals surface area contributed by atoms with Gasteiger partial charge in [0.2, 0.25) is 0 Å². The number of hydrogen-bond acceptors (Lipinski definition) is 4. The topological polar surface area (TPSA) is 30.9 Å². The molecule has 1 heterocycles. The van der Waals surface area contributed by atoms with Gasteiger partial charge in [-0.3, -0.25) is 4.99 Å². The Kier molecular flexibility index (Phi) is 9.82. The van der Waals surface area contributed by atoms with Gasteiger partial charge in [0.05, 0.1) is 5.69 Å². The van der Waals surface area contributed by atoms with Crippen LogP contribution in [-0.4, -0.2) is 6.21 Å². The molecular formula is C60H46N4. The van der Waals surface area contributed by atoms with E-state index in [1.54, 1.807) is 0 Å². The third kappa shape index (κ3) is 7.05. The number of para-hydroxylation sites is 3. The number of allylic oxidation sites excluding steroid dienone is 3. The van der Waals surface area contributed by atoms with Gasteiger partial charge in [-0.2, -0.15) is 0 Å². The highest BCUT2D eigenvalue weighted by atomic mass is 15.2. The number of rotatable bonds is 7. The Morgan fingerprint density at radius 1 is 0.391 bits per heavy atom. The van der Waals surface area contributed by atoms with E-state index in [1.807, 2.05) is 36.7 Å². The molecule has 9 aromatic rings. The highest BCUT2D eigenvalue weighted by Gasteiger charge is 2.36. The summed E-state index contributed by atoms with van der Waals surface area (Å²) < 4.78 is 0. The highest BCUT2D eigenvalue weighted by molar-refractivity contribution is 5.95. The normalized spacial score (nSPS) is 14.2. The fourth-order valence-electron chi connectivity index (χ4n) is 9.53. The SMILES string of the molecule is CC1(C)c2ccccc2-c2ccc(N(c3ccccc3)c3cc(-c4ccc5c(c4)-c4ccccc4N=C/C=C\C=C\N5)cc(N(c4ccccc4)c4ccc5ccccc5c4)c3)cc21. The van der Waals surface area contributed by atoms with Crippen LogP contribution in [0.3, 0.4) is 0 Å². The van der Waals surface area contributed by atoms with E-state index < -0.39 is 0 Å². The van der Waals surface area contributed by atoms with Crippen LogP contribution < -0.4 is 15.1 Å². The van der Waals surface area contributed by atoms with Crippen molar-refractivity contribution in [3.8, 4) is 33.4 Å². The third-order valence-electron chi connectivity index (χ3n) is 12.7. The minimum absolute atomic E-state index is 0.158. The molecule has 0 radical (unpaired) electrons. The van der Waals surface area contributed by atoms with E-state index in [2.05, 4.69) is 229 Å². The first-order valence-corrected chi connectivity index (χ1v) is 21.9. The summed E-state index contributed by atoms with van der Waals surface area (Å²) in [4.78, 5) is 9.69. The number of nitrogens with zero attached hydrogens (tertiary/aromatic N) is 3. The molecule has 0 saturated heterocycles. The van der Waals surface area contributed by atoms with Gasteiger partial charge in [0.1, 0.15) is 0 Å². The Labute approximate surface area is 375 Å². The van der Waals surface area contributed by atoms with Crippen LogP contribution in [0, 0.1) is 0 Å². The summed E-state index contributed by atoms with van der Waals surface area (Å²) in [6.07, 6.45) is 9.77. The molecule has 1 N–H and O–H groups in total. The molecule has 0 fully saturated rings. The molecule has 0 amide bonds. The minimum atomic E-state index is -0.158. The molecule has 1 aliphatic carbocycles. The molecule has 1 aliphatic heterocycles. The predicted octanol–water partition coefficient (Wildman–Crippen LogP) is 16.6. The maximum Gasteiger partial charge on any atom is 0.0708 e. The number of fused-ring (bicyclic) bond motifs is 7. The van der Waals surface area contributed by atoms with E-state index in [4.69, 9.17) is 4.99 Å². The summed E-state index contributed by atoms with van der Waals surface area (Å²) in [5.41, 5.74) is 17.8. The number of aliphatic imine (C=N–C) groups is 1. The Morgan fingerprint density at radius 2 is 1.02 bits per heavy atom. The van der Waals surface area contributed by atoms with E-state index in [9.17, 15) is 0 Å². The molecule has 306 valence electrons. The van der Waals surface area contributed by atoms with Gasteiger partial charge in [0.15, 0.2) is 0 Å². The lowest BCUT2D eigenvalue weighted by Crippen LogP contribution is -2.17. The van der Waals surface area contributed by atoms with Gasteiger partial charge < -0.3 is 15.1 Å².